The van der Waals surface area contributed by atoms with Crippen molar-refractivity contribution in [3.05, 3.63) is 17.5 Å². The van der Waals surface area contributed by atoms with E-state index in [2.05, 4.69) is 10.5 Å². The SMILES string of the molecule is O=C(O)CC1(NC(=O)c2cc(C3CC3)on2)CCC1. The van der Waals surface area contributed by atoms with Crippen molar-refractivity contribution in [3.63, 3.8) is 0 Å². The summed E-state index contributed by atoms with van der Waals surface area (Å²) in [5, 5.41) is 15.5. The van der Waals surface area contributed by atoms with E-state index in [1.54, 1.807) is 6.07 Å². The van der Waals surface area contributed by atoms with Crippen LogP contribution >= 0.6 is 0 Å². The number of aliphatic carboxylic acids is 1. The van der Waals surface area contributed by atoms with Gasteiger partial charge in [0.15, 0.2) is 5.69 Å². The molecule has 1 aromatic rings. The number of aromatic nitrogens is 1. The molecule has 0 atom stereocenters. The Hall–Kier alpha value is -1.85. The fourth-order valence-electron chi connectivity index (χ4n) is 2.50. The molecule has 6 nitrogen and oxygen atoms in total. The van der Waals surface area contributed by atoms with E-state index in [1.165, 1.54) is 0 Å². The largest absolute Gasteiger partial charge is 0.481 e. The number of carboxylic acid groups (broad SMARTS) is 1. The quantitative estimate of drug-likeness (QED) is 0.844. The summed E-state index contributed by atoms with van der Waals surface area (Å²) in [5.41, 5.74) is -0.347. The van der Waals surface area contributed by atoms with Crippen molar-refractivity contribution in [1.82, 2.24) is 10.5 Å². The molecular formula is C13H16N2O4. The van der Waals surface area contributed by atoms with Crippen LogP contribution in [-0.4, -0.2) is 27.7 Å². The van der Waals surface area contributed by atoms with Gasteiger partial charge < -0.3 is 14.9 Å². The summed E-state index contributed by atoms with van der Waals surface area (Å²) in [6, 6.07) is 1.67. The Morgan fingerprint density at radius 3 is 2.74 bits per heavy atom. The van der Waals surface area contributed by atoms with E-state index < -0.39 is 11.5 Å². The Morgan fingerprint density at radius 2 is 2.21 bits per heavy atom. The van der Waals surface area contributed by atoms with Crippen LogP contribution < -0.4 is 5.32 Å². The highest BCUT2D eigenvalue weighted by atomic mass is 16.5. The molecule has 3 rings (SSSR count). The molecule has 2 fully saturated rings. The minimum absolute atomic E-state index is 0.0356. The van der Waals surface area contributed by atoms with Crippen molar-refractivity contribution in [3.8, 4) is 0 Å². The first-order chi connectivity index (χ1) is 9.08. The summed E-state index contributed by atoms with van der Waals surface area (Å²) in [6.07, 6.45) is 4.49. The molecule has 1 heterocycles. The van der Waals surface area contributed by atoms with Crippen molar-refractivity contribution in [1.29, 1.82) is 0 Å². The van der Waals surface area contributed by atoms with Crippen molar-refractivity contribution in [2.24, 2.45) is 0 Å². The van der Waals surface area contributed by atoms with Gasteiger partial charge in [0, 0.05) is 12.0 Å². The Bertz CT molecular complexity index is 514. The molecule has 0 aliphatic heterocycles. The zero-order valence-electron chi connectivity index (χ0n) is 10.5. The van der Waals surface area contributed by atoms with E-state index in [-0.39, 0.29) is 18.0 Å². The molecular weight excluding hydrogens is 248 g/mol. The number of hydrogen-bond donors (Lipinski definition) is 2. The van der Waals surface area contributed by atoms with Gasteiger partial charge in [-0.3, -0.25) is 9.59 Å². The number of hydrogen-bond acceptors (Lipinski definition) is 4. The van der Waals surface area contributed by atoms with Gasteiger partial charge in [0.05, 0.1) is 12.0 Å². The summed E-state index contributed by atoms with van der Waals surface area (Å²) in [5.74, 6) is -0.0628. The van der Waals surface area contributed by atoms with Crippen molar-refractivity contribution >= 4 is 11.9 Å². The van der Waals surface area contributed by atoms with Crippen LogP contribution in [-0.2, 0) is 4.79 Å². The van der Waals surface area contributed by atoms with Gasteiger partial charge in [0.1, 0.15) is 5.76 Å². The Kier molecular flexibility index (Phi) is 2.80. The number of carboxylic acids is 1. The number of nitrogens with one attached hydrogen (secondary N) is 1. The molecule has 102 valence electrons. The van der Waals surface area contributed by atoms with Gasteiger partial charge in [0.2, 0.25) is 0 Å². The van der Waals surface area contributed by atoms with E-state index in [1.807, 2.05) is 0 Å². The van der Waals surface area contributed by atoms with Gasteiger partial charge in [-0.25, -0.2) is 0 Å². The summed E-state index contributed by atoms with van der Waals surface area (Å²) in [7, 11) is 0. The molecule has 0 spiro atoms. The van der Waals surface area contributed by atoms with Crippen LogP contribution in [0.25, 0.3) is 0 Å². The molecule has 2 N–H and O–H groups in total. The summed E-state index contributed by atoms with van der Waals surface area (Å²) < 4.78 is 5.13. The van der Waals surface area contributed by atoms with Gasteiger partial charge >= 0.3 is 5.97 Å². The summed E-state index contributed by atoms with van der Waals surface area (Å²) in [4.78, 5) is 22.9. The van der Waals surface area contributed by atoms with Crippen LogP contribution in [0.2, 0.25) is 0 Å². The lowest BCUT2D eigenvalue weighted by Gasteiger charge is -2.41. The molecule has 19 heavy (non-hydrogen) atoms. The number of rotatable bonds is 5. The predicted octanol–water partition coefficient (Wildman–Crippen LogP) is 1.68. The van der Waals surface area contributed by atoms with Crippen LogP contribution in [0.15, 0.2) is 10.6 Å². The van der Waals surface area contributed by atoms with Gasteiger partial charge in [-0.05, 0) is 32.1 Å². The van der Waals surface area contributed by atoms with Gasteiger partial charge in [-0.1, -0.05) is 5.16 Å². The van der Waals surface area contributed by atoms with Gasteiger partial charge in [-0.2, -0.15) is 0 Å². The highest BCUT2D eigenvalue weighted by Gasteiger charge is 2.41. The Balaban J connectivity index is 1.67. The summed E-state index contributed by atoms with van der Waals surface area (Å²) in [6.45, 7) is 0. The molecule has 1 aromatic heterocycles. The third kappa shape index (κ3) is 2.47. The summed E-state index contributed by atoms with van der Waals surface area (Å²) >= 11 is 0. The fraction of sp³-hybridized carbons (Fsp3) is 0.615. The lowest BCUT2D eigenvalue weighted by Crippen LogP contribution is -2.54. The maximum absolute atomic E-state index is 12.1. The Morgan fingerprint density at radius 1 is 1.47 bits per heavy atom. The Labute approximate surface area is 110 Å². The number of carbonyl (C=O) groups excluding carboxylic acids is 1. The normalized spacial score (nSPS) is 20.6. The van der Waals surface area contributed by atoms with E-state index in [0.717, 1.165) is 25.0 Å². The highest BCUT2D eigenvalue weighted by Crippen LogP contribution is 2.40. The van der Waals surface area contributed by atoms with E-state index in [4.69, 9.17) is 9.63 Å². The molecule has 0 saturated heterocycles. The lowest BCUT2D eigenvalue weighted by atomic mass is 9.74. The molecule has 2 aliphatic rings. The molecule has 0 unspecified atom stereocenters. The van der Waals surface area contributed by atoms with Crippen LogP contribution in [0, 0.1) is 0 Å². The predicted molar refractivity (Wildman–Crippen MR) is 64.8 cm³/mol. The van der Waals surface area contributed by atoms with Crippen molar-refractivity contribution in [2.45, 2.75) is 50.0 Å². The van der Waals surface area contributed by atoms with Crippen LogP contribution in [0.4, 0.5) is 0 Å². The molecule has 0 bridgehead atoms. The van der Waals surface area contributed by atoms with Gasteiger partial charge in [0.25, 0.3) is 5.91 Å². The fourth-order valence-corrected chi connectivity index (χ4v) is 2.50. The smallest absolute Gasteiger partial charge is 0.305 e. The first-order valence-electron chi connectivity index (χ1n) is 6.59. The molecule has 2 saturated carbocycles. The van der Waals surface area contributed by atoms with Crippen LogP contribution in [0.5, 0.6) is 0 Å². The average Bonchev–Trinajstić information content (AvgIpc) is 3.03. The topological polar surface area (TPSA) is 92.4 Å². The second-order valence-electron chi connectivity index (χ2n) is 5.55. The minimum atomic E-state index is -0.890. The maximum Gasteiger partial charge on any atom is 0.305 e. The number of amides is 1. The zero-order valence-corrected chi connectivity index (χ0v) is 10.5. The number of nitrogens with zero attached hydrogens (tertiary/aromatic N) is 1. The second kappa shape index (κ2) is 4.36. The van der Waals surface area contributed by atoms with Crippen LogP contribution in [0.1, 0.15) is 60.7 Å². The molecule has 2 aliphatic carbocycles. The average molecular weight is 264 g/mol. The molecule has 6 heteroatoms. The van der Waals surface area contributed by atoms with Crippen molar-refractivity contribution < 1.29 is 19.2 Å². The van der Waals surface area contributed by atoms with Crippen LogP contribution in [0.3, 0.4) is 0 Å². The lowest BCUT2D eigenvalue weighted by molar-refractivity contribution is -0.139. The minimum Gasteiger partial charge on any atom is -0.481 e. The third-order valence-corrected chi connectivity index (χ3v) is 3.92. The molecule has 0 aromatic carbocycles. The van der Waals surface area contributed by atoms with E-state index in [9.17, 15) is 9.59 Å². The molecule has 1 amide bonds. The highest BCUT2D eigenvalue weighted by molar-refractivity contribution is 5.93. The maximum atomic E-state index is 12.1. The van der Waals surface area contributed by atoms with E-state index in [0.29, 0.717) is 18.8 Å². The van der Waals surface area contributed by atoms with Crippen molar-refractivity contribution in [2.75, 3.05) is 0 Å². The van der Waals surface area contributed by atoms with Gasteiger partial charge in [-0.15, -0.1) is 0 Å². The first kappa shape index (κ1) is 12.2. The number of carbonyl (C=O) groups is 2. The monoisotopic (exact) mass is 264 g/mol. The third-order valence-electron chi connectivity index (χ3n) is 3.92. The standard InChI is InChI=1S/C13H16N2O4/c16-11(17)7-13(4-1-5-13)14-12(18)9-6-10(19-15-9)8-2-3-8/h6,8H,1-5,7H2,(H,14,18)(H,16,17). The van der Waals surface area contributed by atoms with E-state index >= 15 is 0 Å². The molecule has 0 radical (unpaired) electrons. The first-order valence-corrected chi connectivity index (χ1v) is 6.59. The zero-order chi connectivity index (χ0) is 13.5. The second-order valence-corrected chi connectivity index (χ2v) is 5.55.